The maximum absolute atomic E-state index is 13.0. The van der Waals surface area contributed by atoms with E-state index < -0.39 is 16.3 Å². The minimum atomic E-state index is -3.80. The van der Waals surface area contributed by atoms with Gasteiger partial charge in [0.15, 0.2) is 16.2 Å². The number of fused-ring (bicyclic) bond motifs is 1. The van der Waals surface area contributed by atoms with E-state index in [2.05, 4.69) is 15.5 Å². The lowest BCUT2D eigenvalue weighted by Crippen LogP contribution is -2.42. The molecule has 1 unspecified atom stereocenters. The van der Waals surface area contributed by atoms with Crippen molar-refractivity contribution >= 4 is 45.2 Å². The zero-order valence-electron chi connectivity index (χ0n) is 16.0. The van der Waals surface area contributed by atoms with E-state index in [-0.39, 0.29) is 29.4 Å². The number of amides is 1. The van der Waals surface area contributed by atoms with Gasteiger partial charge in [-0.1, -0.05) is 32.6 Å². The monoisotopic (exact) mass is 469 g/mol. The first-order valence-corrected chi connectivity index (χ1v) is 11.1. The number of sulfonamides is 1. The summed E-state index contributed by atoms with van der Waals surface area (Å²) in [4.78, 5) is 17.0. The smallest absolute Gasteiger partial charge is 0.275 e. The number of rotatable bonds is 4. The van der Waals surface area contributed by atoms with Crippen molar-refractivity contribution in [1.82, 2.24) is 19.0 Å². The molecular weight excluding hydrogens is 453 g/mol. The summed E-state index contributed by atoms with van der Waals surface area (Å²) in [6.45, 7) is 3.77. The highest BCUT2D eigenvalue weighted by molar-refractivity contribution is 7.95. The van der Waals surface area contributed by atoms with Gasteiger partial charge in [0.05, 0.1) is 17.3 Å². The van der Waals surface area contributed by atoms with Crippen molar-refractivity contribution in [1.29, 1.82) is 0 Å². The van der Waals surface area contributed by atoms with Gasteiger partial charge < -0.3 is 19.0 Å². The van der Waals surface area contributed by atoms with Crippen LogP contribution in [0.3, 0.4) is 0 Å². The summed E-state index contributed by atoms with van der Waals surface area (Å²) >= 11 is 12.0. The molecule has 3 aromatic rings. The van der Waals surface area contributed by atoms with Crippen molar-refractivity contribution in [3.05, 3.63) is 57.4 Å². The third kappa shape index (κ3) is 3.77. The van der Waals surface area contributed by atoms with Crippen molar-refractivity contribution in [2.75, 3.05) is 11.9 Å². The molecule has 1 aliphatic heterocycles. The highest BCUT2D eigenvalue weighted by Crippen LogP contribution is 2.31. The Morgan fingerprint density at radius 2 is 2.07 bits per heavy atom. The first-order chi connectivity index (χ1) is 14.2. The predicted octanol–water partition coefficient (Wildman–Crippen LogP) is 3.47. The summed E-state index contributed by atoms with van der Waals surface area (Å²) < 4.78 is 34.1. The van der Waals surface area contributed by atoms with E-state index in [1.165, 1.54) is 10.4 Å². The second-order valence-electron chi connectivity index (χ2n) is 6.81. The number of benzene rings is 1. The number of nitrogens with one attached hydrogen (secondary N) is 1. The van der Waals surface area contributed by atoms with Crippen molar-refractivity contribution in [3.8, 4) is 0 Å². The van der Waals surface area contributed by atoms with Crippen LogP contribution in [0.15, 0.2) is 33.8 Å². The number of nitrogens with zero attached hydrogens (tertiary/aromatic N) is 4. The summed E-state index contributed by atoms with van der Waals surface area (Å²) in [5.41, 5.74) is 0.869. The van der Waals surface area contributed by atoms with Gasteiger partial charge in [0.2, 0.25) is 4.90 Å². The number of halogens is 2. The van der Waals surface area contributed by atoms with E-state index in [0.717, 1.165) is 0 Å². The van der Waals surface area contributed by atoms with E-state index in [9.17, 15) is 13.6 Å². The van der Waals surface area contributed by atoms with E-state index in [1.807, 2.05) is 0 Å². The lowest BCUT2D eigenvalue weighted by Gasteiger charge is -2.30. The molecule has 0 saturated heterocycles. The van der Waals surface area contributed by atoms with E-state index in [4.69, 9.17) is 27.7 Å². The Balaban J connectivity index is 1.55. The summed E-state index contributed by atoms with van der Waals surface area (Å²) in [5.74, 6) is 0.242. The van der Waals surface area contributed by atoms with Gasteiger partial charge in [-0.25, -0.2) is 4.98 Å². The van der Waals surface area contributed by atoms with Crippen molar-refractivity contribution in [3.63, 3.8) is 0 Å². The Morgan fingerprint density at radius 3 is 2.73 bits per heavy atom. The lowest BCUT2D eigenvalue weighted by atomic mass is 10.3. The van der Waals surface area contributed by atoms with E-state index >= 15 is 0 Å². The Labute approximate surface area is 183 Å². The van der Waals surface area contributed by atoms with Crippen LogP contribution < -0.4 is 5.32 Å². The van der Waals surface area contributed by atoms with Crippen LogP contribution >= 0.6 is 23.2 Å². The summed E-state index contributed by atoms with van der Waals surface area (Å²) in [5, 5.41) is 7.17. The van der Waals surface area contributed by atoms with Gasteiger partial charge in [0, 0.05) is 24.7 Å². The normalized spacial score (nSPS) is 16.2. The Bertz CT molecular complexity index is 1170. The van der Waals surface area contributed by atoms with Crippen molar-refractivity contribution in [2.45, 2.75) is 31.8 Å². The number of aromatic nitrogens is 3. The fourth-order valence-electron chi connectivity index (χ4n) is 3.29. The molecule has 4 rings (SSSR count). The molecule has 0 saturated carbocycles. The highest BCUT2D eigenvalue weighted by atomic mass is 35.5. The molecule has 12 heteroatoms. The number of anilines is 1. The third-order valence-corrected chi connectivity index (χ3v) is 7.38. The predicted molar refractivity (Wildman–Crippen MR) is 110 cm³/mol. The number of carbonyl (C=O) groups is 1. The zero-order chi connectivity index (χ0) is 21.6. The van der Waals surface area contributed by atoms with Crippen LogP contribution in [0.2, 0.25) is 10.0 Å². The second kappa shape index (κ2) is 7.78. The van der Waals surface area contributed by atoms with Crippen LogP contribution in [0, 0.1) is 13.8 Å². The van der Waals surface area contributed by atoms with Gasteiger partial charge in [-0.05, 0) is 25.1 Å². The Kier molecular flexibility index (Phi) is 5.45. The van der Waals surface area contributed by atoms with Crippen molar-refractivity contribution in [2.24, 2.45) is 0 Å². The quantitative estimate of drug-likeness (QED) is 0.584. The lowest BCUT2D eigenvalue weighted by molar-refractivity contribution is 0.102. The van der Waals surface area contributed by atoms with Gasteiger partial charge in [-0.3, -0.25) is 4.79 Å². The number of aryl methyl sites for hydroxylation is 2. The van der Waals surface area contributed by atoms with Gasteiger partial charge in [-0.2, -0.15) is 0 Å². The van der Waals surface area contributed by atoms with Crippen LogP contribution in [-0.4, -0.2) is 36.0 Å². The fourth-order valence-corrected chi connectivity index (χ4v) is 5.43. The second-order valence-corrected chi connectivity index (χ2v) is 9.52. The number of hydrogen-bond acceptors (Lipinski definition) is 6. The van der Waals surface area contributed by atoms with Crippen LogP contribution in [-0.2, 0) is 27.7 Å². The molecule has 3 heterocycles. The SMILES string of the molecule is Cc1noc(C)c1[S+](=O)([O-])N1CCn2cc(C(=O)Nc3ccc(Cl)cc3Cl)nc2C1. The molecule has 0 spiro atoms. The van der Waals surface area contributed by atoms with Gasteiger partial charge in [0.1, 0.15) is 23.8 Å². The molecule has 1 aromatic carbocycles. The van der Waals surface area contributed by atoms with Crippen LogP contribution in [0.25, 0.3) is 0 Å². The number of hydrogen-bond donors (Lipinski definition) is 1. The molecule has 1 N–H and O–H groups in total. The first kappa shape index (κ1) is 21.0. The minimum Gasteiger partial charge on any atom is -0.593 e. The van der Waals surface area contributed by atoms with Crippen LogP contribution in [0.1, 0.15) is 27.8 Å². The average Bonchev–Trinajstić information content (AvgIpc) is 3.26. The molecular formula is C18H17Cl2N5O4S. The molecule has 158 valence electrons. The summed E-state index contributed by atoms with van der Waals surface area (Å²) in [7, 11) is -3.80. The molecule has 9 nitrogen and oxygen atoms in total. The van der Waals surface area contributed by atoms with Gasteiger partial charge >= 0.3 is 0 Å². The standard InChI is InChI=1S/C18H17Cl2N5O4S/c1-10-17(11(2)29-23-10)30(27,28)25-6-5-24-8-15(21-16(24)9-25)18(26)22-14-4-3-12(19)7-13(14)20/h3-4,7-8H,5-6,9H2,1-2H3,(H-,22,26,27,28). The molecule has 1 atom stereocenters. The Morgan fingerprint density at radius 1 is 1.30 bits per heavy atom. The van der Waals surface area contributed by atoms with Gasteiger partial charge in [0.25, 0.3) is 5.91 Å². The average molecular weight is 470 g/mol. The number of carbonyl (C=O) groups excluding carboxylic acids is 1. The summed E-state index contributed by atoms with van der Waals surface area (Å²) in [6, 6.07) is 4.73. The number of imidazole rings is 1. The largest absolute Gasteiger partial charge is 0.593 e. The molecule has 30 heavy (non-hydrogen) atoms. The molecule has 1 amide bonds. The fraction of sp³-hybridized carbons (Fsp3) is 0.278. The topological polar surface area (TPSA) is 116 Å². The first-order valence-electron chi connectivity index (χ1n) is 8.92. The van der Waals surface area contributed by atoms with E-state index in [1.54, 1.807) is 36.7 Å². The molecule has 0 aliphatic carbocycles. The zero-order valence-corrected chi connectivity index (χ0v) is 18.3. The molecule has 0 radical (unpaired) electrons. The highest BCUT2D eigenvalue weighted by Gasteiger charge is 2.39. The van der Waals surface area contributed by atoms with Gasteiger partial charge in [-0.15, -0.1) is 4.31 Å². The van der Waals surface area contributed by atoms with E-state index in [0.29, 0.717) is 33.8 Å². The van der Waals surface area contributed by atoms with Crippen LogP contribution in [0.4, 0.5) is 5.69 Å². The molecule has 1 aliphatic rings. The third-order valence-electron chi connectivity index (χ3n) is 4.74. The molecule has 0 fully saturated rings. The maximum atomic E-state index is 13.0. The van der Waals surface area contributed by atoms with Crippen LogP contribution in [0.5, 0.6) is 0 Å². The molecule has 0 bridgehead atoms. The molecule has 2 aromatic heterocycles. The maximum Gasteiger partial charge on any atom is 0.275 e. The summed E-state index contributed by atoms with van der Waals surface area (Å²) in [6.07, 6.45) is 1.59. The Hall–Kier alpha value is -2.24. The van der Waals surface area contributed by atoms with Crippen molar-refractivity contribution < 1.29 is 18.1 Å². The minimum absolute atomic E-state index is 0.0291.